The van der Waals surface area contributed by atoms with Gasteiger partial charge in [-0.1, -0.05) is 18.3 Å². The second kappa shape index (κ2) is 5.41. The summed E-state index contributed by atoms with van der Waals surface area (Å²) in [5, 5.41) is 0. The van der Waals surface area contributed by atoms with E-state index in [1.54, 1.807) is 0 Å². The molecule has 6 heteroatoms. The van der Waals surface area contributed by atoms with Crippen LogP contribution in [0.25, 0.3) is 0 Å². The molecule has 0 unspecified atom stereocenters. The lowest BCUT2D eigenvalue weighted by atomic mass is 10.2. The van der Waals surface area contributed by atoms with Crippen molar-refractivity contribution in [3.05, 3.63) is 29.6 Å². The van der Waals surface area contributed by atoms with Gasteiger partial charge in [0.25, 0.3) is 0 Å². The summed E-state index contributed by atoms with van der Waals surface area (Å²) in [4.78, 5) is 10.4. The van der Waals surface area contributed by atoms with Crippen LogP contribution in [-0.4, -0.2) is 17.5 Å². The number of halogens is 1. The van der Waals surface area contributed by atoms with Gasteiger partial charge in [-0.15, -0.1) is 0 Å². The Morgan fingerprint density at radius 2 is 2.12 bits per heavy atom. The first-order valence-corrected chi connectivity index (χ1v) is 4.92. The molecular weight excluding hydrogens is 231 g/mol. The summed E-state index contributed by atoms with van der Waals surface area (Å²) in [6, 6.07) is 4.23. The molecule has 86 valence electrons. The van der Waals surface area contributed by atoms with Crippen molar-refractivity contribution in [3.63, 3.8) is 0 Å². The summed E-state index contributed by atoms with van der Waals surface area (Å²) in [5.41, 5.74) is 10.4. The molecule has 0 saturated heterocycles. The number of nitrogens with two attached hydrogens (primary N) is 2. The molecule has 0 heterocycles. The molecule has 0 aliphatic rings. The molecule has 0 fully saturated rings. The minimum absolute atomic E-state index is 0.0435. The van der Waals surface area contributed by atoms with Gasteiger partial charge in [0, 0.05) is 0 Å². The number of primary amides is 1. The van der Waals surface area contributed by atoms with Crippen molar-refractivity contribution in [2.75, 3.05) is 6.61 Å². The van der Waals surface area contributed by atoms with E-state index >= 15 is 0 Å². The molecule has 1 aromatic carbocycles. The number of hydrogen-bond acceptors (Lipinski definition) is 3. The van der Waals surface area contributed by atoms with Crippen LogP contribution in [0.3, 0.4) is 0 Å². The van der Waals surface area contributed by atoms with Gasteiger partial charge in [0.15, 0.2) is 0 Å². The van der Waals surface area contributed by atoms with Gasteiger partial charge < -0.3 is 16.2 Å². The number of hydrogen-bond donors (Lipinski definition) is 2. The number of carbonyl (C=O) groups is 1. The fourth-order valence-electron chi connectivity index (χ4n) is 1.13. The largest absolute Gasteiger partial charge is 0.492 e. The van der Waals surface area contributed by atoms with Crippen molar-refractivity contribution < 1.29 is 13.9 Å². The lowest BCUT2D eigenvalue weighted by Crippen LogP contribution is -2.17. The first kappa shape index (κ1) is 12.4. The summed E-state index contributed by atoms with van der Waals surface area (Å²) in [7, 11) is 0. The van der Waals surface area contributed by atoms with Gasteiger partial charge in [-0.3, -0.25) is 4.79 Å². The topological polar surface area (TPSA) is 78.3 Å². The Morgan fingerprint density at radius 3 is 2.69 bits per heavy atom. The van der Waals surface area contributed by atoms with E-state index < -0.39 is 11.7 Å². The smallest absolute Gasteiger partial charge is 0.220 e. The van der Waals surface area contributed by atoms with Crippen molar-refractivity contribution in [3.8, 4) is 5.75 Å². The molecule has 4 nitrogen and oxygen atoms in total. The highest BCUT2D eigenvalue weighted by Gasteiger charge is 2.12. The Balaban J connectivity index is 2.83. The van der Waals surface area contributed by atoms with E-state index in [1.807, 2.05) is 0 Å². The normalized spacial score (nSPS) is 9.81. The maximum absolute atomic E-state index is 13.3. The maximum atomic E-state index is 13.3. The van der Waals surface area contributed by atoms with Crippen LogP contribution in [0.4, 0.5) is 4.39 Å². The highest BCUT2D eigenvalue weighted by molar-refractivity contribution is 7.80. The quantitative estimate of drug-likeness (QED) is 0.745. The van der Waals surface area contributed by atoms with Crippen LogP contribution in [0.1, 0.15) is 12.0 Å². The number of rotatable bonds is 5. The third kappa shape index (κ3) is 3.16. The third-order valence-corrected chi connectivity index (χ3v) is 2.03. The van der Waals surface area contributed by atoms with Gasteiger partial charge in [0.05, 0.1) is 18.6 Å². The van der Waals surface area contributed by atoms with Gasteiger partial charge in [0.1, 0.15) is 16.6 Å². The second-order valence-electron chi connectivity index (χ2n) is 3.04. The van der Waals surface area contributed by atoms with E-state index in [0.29, 0.717) is 0 Å². The van der Waals surface area contributed by atoms with Crippen molar-refractivity contribution in [2.24, 2.45) is 11.5 Å². The van der Waals surface area contributed by atoms with Gasteiger partial charge >= 0.3 is 0 Å². The number of benzene rings is 1. The molecule has 0 bridgehead atoms. The first-order chi connectivity index (χ1) is 7.52. The van der Waals surface area contributed by atoms with Crippen LogP contribution in [0.2, 0.25) is 0 Å². The average Bonchev–Trinajstić information content (AvgIpc) is 2.16. The van der Waals surface area contributed by atoms with E-state index in [1.165, 1.54) is 18.2 Å². The molecule has 0 saturated carbocycles. The molecular formula is C10H11FN2O2S. The van der Waals surface area contributed by atoms with Crippen LogP contribution in [0.5, 0.6) is 5.75 Å². The molecule has 0 aromatic heterocycles. The predicted octanol–water partition coefficient (Wildman–Crippen LogP) is 0.714. The van der Waals surface area contributed by atoms with Crippen molar-refractivity contribution >= 4 is 23.1 Å². The Morgan fingerprint density at radius 1 is 1.44 bits per heavy atom. The molecule has 4 N–H and O–H groups in total. The standard InChI is InChI=1S/C10H11FN2O2S/c11-6-2-1-3-7(9(6)10(13)16)15-5-4-8(12)14/h1-3H,4-5H2,(H2,12,14)(H2,13,16). The SMILES string of the molecule is NC(=O)CCOc1cccc(F)c1C(N)=S. The van der Waals surface area contributed by atoms with Crippen LogP contribution in [0.15, 0.2) is 18.2 Å². The van der Waals surface area contributed by atoms with Crippen molar-refractivity contribution in [1.82, 2.24) is 0 Å². The monoisotopic (exact) mass is 242 g/mol. The highest BCUT2D eigenvalue weighted by atomic mass is 32.1. The summed E-state index contributed by atoms with van der Waals surface area (Å²) >= 11 is 4.71. The molecule has 0 aliphatic heterocycles. The molecule has 1 rings (SSSR count). The molecule has 16 heavy (non-hydrogen) atoms. The molecule has 0 radical (unpaired) electrons. The van der Waals surface area contributed by atoms with Gasteiger partial charge in [-0.05, 0) is 12.1 Å². The third-order valence-electron chi connectivity index (χ3n) is 1.83. The summed E-state index contributed by atoms with van der Waals surface area (Å²) in [6.07, 6.45) is 0.0489. The minimum atomic E-state index is -0.552. The van der Waals surface area contributed by atoms with Gasteiger partial charge in [-0.2, -0.15) is 0 Å². The van der Waals surface area contributed by atoms with Crippen LogP contribution in [-0.2, 0) is 4.79 Å². The van der Waals surface area contributed by atoms with E-state index in [4.69, 9.17) is 28.4 Å². The molecule has 0 aliphatic carbocycles. The van der Waals surface area contributed by atoms with E-state index in [0.717, 1.165) is 0 Å². The van der Waals surface area contributed by atoms with Crippen LogP contribution >= 0.6 is 12.2 Å². The molecule has 0 spiro atoms. The Hall–Kier alpha value is -1.69. The summed E-state index contributed by atoms with van der Waals surface area (Å²) in [6.45, 7) is 0.0639. The zero-order valence-electron chi connectivity index (χ0n) is 8.40. The second-order valence-corrected chi connectivity index (χ2v) is 3.48. The number of thiocarbonyl (C=S) groups is 1. The zero-order chi connectivity index (χ0) is 12.1. The van der Waals surface area contributed by atoms with Crippen LogP contribution in [0, 0.1) is 5.82 Å². The number of ether oxygens (including phenoxy) is 1. The van der Waals surface area contributed by atoms with Crippen LogP contribution < -0.4 is 16.2 Å². The number of amides is 1. The average molecular weight is 242 g/mol. The summed E-state index contributed by atoms with van der Waals surface area (Å²) in [5.74, 6) is -0.828. The lowest BCUT2D eigenvalue weighted by Gasteiger charge is -2.10. The minimum Gasteiger partial charge on any atom is -0.492 e. The maximum Gasteiger partial charge on any atom is 0.220 e. The zero-order valence-corrected chi connectivity index (χ0v) is 9.22. The molecule has 1 aromatic rings. The van der Waals surface area contributed by atoms with Gasteiger partial charge in [-0.25, -0.2) is 4.39 Å². The molecule has 1 amide bonds. The van der Waals surface area contributed by atoms with E-state index in [9.17, 15) is 9.18 Å². The fourth-order valence-corrected chi connectivity index (χ4v) is 1.32. The molecule has 0 atom stereocenters. The van der Waals surface area contributed by atoms with Crippen molar-refractivity contribution in [2.45, 2.75) is 6.42 Å². The Labute approximate surface area is 97.4 Å². The van der Waals surface area contributed by atoms with Crippen molar-refractivity contribution in [1.29, 1.82) is 0 Å². The summed E-state index contributed by atoms with van der Waals surface area (Å²) < 4.78 is 18.5. The predicted molar refractivity (Wildman–Crippen MR) is 61.6 cm³/mol. The number of carbonyl (C=O) groups excluding carboxylic acids is 1. The Kier molecular flexibility index (Phi) is 4.19. The van der Waals surface area contributed by atoms with E-state index in [2.05, 4.69) is 0 Å². The Bertz CT molecular complexity index is 423. The fraction of sp³-hybridized carbons (Fsp3) is 0.200. The highest BCUT2D eigenvalue weighted by Crippen LogP contribution is 2.21. The van der Waals surface area contributed by atoms with E-state index in [-0.39, 0.29) is 29.3 Å². The lowest BCUT2D eigenvalue weighted by molar-refractivity contribution is -0.118. The first-order valence-electron chi connectivity index (χ1n) is 4.51. The van der Waals surface area contributed by atoms with Gasteiger partial charge in [0.2, 0.25) is 5.91 Å².